The summed E-state index contributed by atoms with van der Waals surface area (Å²) >= 11 is 0. The second-order valence-corrected chi connectivity index (χ2v) is 15.6. The SMILES string of the molecule is CC/C=C\C/C=C\C/C=C\C/C=C\C/C=C\CCCCCC(=O)OCC(COCCCCCCCCCC)OC(=O)CCCCCC/C=C\C/C=C\C/C=C\C/C=C\CC. The first kappa shape index (κ1) is 56.6. The van der Waals surface area contributed by atoms with E-state index in [2.05, 4.69) is 130 Å². The predicted molar refractivity (Wildman–Crippen MR) is 260 cm³/mol. The summed E-state index contributed by atoms with van der Waals surface area (Å²) < 4.78 is 17.3. The Morgan fingerprint density at radius 3 is 1.22 bits per heavy atom. The molecular weight excluding hydrogens is 741 g/mol. The topological polar surface area (TPSA) is 61.8 Å². The molecule has 5 nitrogen and oxygen atoms in total. The molecule has 0 saturated heterocycles. The first-order valence-electron chi connectivity index (χ1n) is 24.4. The number of rotatable bonds is 43. The van der Waals surface area contributed by atoms with Gasteiger partial charge in [0.1, 0.15) is 6.61 Å². The van der Waals surface area contributed by atoms with Crippen molar-refractivity contribution in [2.24, 2.45) is 0 Å². The van der Waals surface area contributed by atoms with Crippen molar-refractivity contribution in [3.05, 3.63) is 109 Å². The molecule has 0 fully saturated rings. The van der Waals surface area contributed by atoms with Gasteiger partial charge < -0.3 is 14.2 Å². The Hall–Kier alpha value is -3.44. The van der Waals surface area contributed by atoms with Gasteiger partial charge in [0, 0.05) is 19.4 Å². The zero-order valence-electron chi connectivity index (χ0n) is 38.9. The summed E-state index contributed by atoms with van der Waals surface area (Å²) in [5, 5.41) is 0. The fraction of sp³-hybridized carbons (Fsp3) is 0.636. The average molecular weight is 831 g/mol. The first-order chi connectivity index (χ1) is 29.6. The van der Waals surface area contributed by atoms with Crippen LogP contribution in [0.4, 0.5) is 0 Å². The highest BCUT2D eigenvalue weighted by Crippen LogP contribution is 2.12. The van der Waals surface area contributed by atoms with Gasteiger partial charge >= 0.3 is 11.9 Å². The molecule has 60 heavy (non-hydrogen) atoms. The molecule has 0 aromatic carbocycles. The third-order valence-electron chi connectivity index (χ3n) is 9.80. The van der Waals surface area contributed by atoms with E-state index in [-0.39, 0.29) is 25.2 Å². The highest BCUT2D eigenvalue weighted by atomic mass is 16.6. The Labute approximate surface area is 370 Å². The van der Waals surface area contributed by atoms with Crippen molar-refractivity contribution in [3.8, 4) is 0 Å². The number of carbonyl (C=O) groups is 2. The Balaban J connectivity index is 4.31. The van der Waals surface area contributed by atoms with Gasteiger partial charge in [0.15, 0.2) is 6.10 Å². The normalized spacial score (nSPS) is 13.2. The van der Waals surface area contributed by atoms with Crippen LogP contribution in [-0.4, -0.2) is 37.9 Å². The smallest absolute Gasteiger partial charge is 0.306 e. The molecule has 5 heteroatoms. The van der Waals surface area contributed by atoms with Gasteiger partial charge in [-0.15, -0.1) is 0 Å². The lowest BCUT2D eigenvalue weighted by Gasteiger charge is -2.18. The number of hydrogen-bond donors (Lipinski definition) is 0. The number of carbonyl (C=O) groups excluding carboxylic acids is 2. The van der Waals surface area contributed by atoms with Crippen molar-refractivity contribution < 1.29 is 23.8 Å². The van der Waals surface area contributed by atoms with Crippen LogP contribution in [0, 0.1) is 0 Å². The van der Waals surface area contributed by atoms with E-state index >= 15 is 0 Å². The van der Waals surface area contributed by atoms with E-state index in [0.717, 1.165) is 128 Å². The lowest BCUT2D eigenvalue weighted by Crippen LogP contribution is -2.30. The van der Waals surface area contributed by atoms with Crippen LogP contribution in [0.2, 0.25) is 0 Å². The molecule has 0 aromatic heterocycles. The van der Waals surface area contributed by atoms with Gasteiger partial charge in [-0.2, -0.15) is 0 Å². The molecule has 0 rings (SSSR count). The van der Waals surface area contributed by atoms with Crippen LogP contribution in [0.5, 0.6) is 0 Å². The lowest BCUT2D eigenvalue weighted by molar-refractivity contribution is -0.163. The number of ether oxygens (including phenoxy) is 3. The number of hydrogen-bond acceptors (Lipinski definition) is 5. The van der Waals surface area contributed by atoms with E-state index in [4.69, 9.17) is 14.2 Å². The summed E-state index contributed by atoms with van der Waals surface area (Å²) in [5.74, 6) is -0.469. The highest BCUT2D eigenvalue weighted by Gasteiger charge is 2.17. The average Bonchev–Trinajstić information content (AvgIpc) is 3.25. The molecule has 0 bridgehead atoms. The van der Waals surface area contributed by atoms with Gasteiger partial charge in [0.05, 0.1) is 6.61 Å². The zero-order valence-corrected chi connectivity index (χ0v) is 38.9. The van der Waals surface area contributed by atoms with E-state index < -0.39 is 6.10 Å². The number of unbranched alkanes of at least 4 members (excludes halogenated alkanes) is 14. The molecule has 340 valence electrons. The minimum atomic E-state index is -0.566. The quantitative estimate of drug-likeness (QED) is 0.0348. The maximum absolute atomic E-state index is 12.7. The number of allylic oxidation sites excluding steroid dienone is 18. The molecule has 0 radical (unpaired) electrons. The molecule has 0 aliphatic carbocycles. The Kier molecular flexibility index (Phi) is 47.1. The lowest BCUT2D eigenvalue weighted by atomic mass is 10.1. The fourth-order valence-electron chi connectivity index (χ4n) is 6.23. The Morgan fingerprint density at radius 2 is 0.750 bits per heavy atom. The van der Waals surface area contributed by atoms with E-state index in [0.29, 0.717) is 19.4 Å². The molecule has 0 spiro atoms. The van der Waals surface area contributed by atoms with Gasteiger partial charge in [0.2, 0.25) is 0 Å². The first-order valence-corrected chi connectivity index (χ1v) is 24.4. The summed E-state index contributed by atoms with van der Waals surface area (Å²) in [6.45, 7) is 7.51. The van der Waals surface area contributed by atoms with Crippen LogP contribution in [0.15, 0.2) is 109 Å². The third-order valence-corrected chi connectivity index (χ3v) is 9.80. The third kappa shape index (κ3) is 47.2. The summed E-state index contributed by atoms with van der Waals surface area (Å²) in [4.78, 5) is 25.3. The Bertz CT molecular complexity index is 1210. The second kappa shape index (κ2) is 49.9. The largest absolute Gasteiger partial charge is 0.462 e. The summed E-state index contributed by atoms with van der Waals surface area (Å²) in [5.41, 5.74) is 0. The van der Waals surface area contributed by atoms with Crippen molar-refractivity contribution in [2.75, 3.05) is 19.8 Å². The van der Waals surface area contributed by atoms with E-state index in [1.165, 1.54) is 38.5 Å². The zero-order chi connectivity index (χ0) is 43.5. The molecule has 1 atom stereocenters. The standard InChI is InChI=1S/C55H90O5/c1-4-7-10-13-16-19-21-23-25-27-28-30-31-33-35-37-39-42-45-48-54(56)59-52-53(51-58-50-47-44-41-18-15-12-9-6-3)60-55(57)49-46-43-40-38-36-34-32-29-26-24-22-20-17-14-11-8-5-2/h7-8,10-11,16-17,19-20,23-26,28,30,32-35,53H,4-6,9,12-15,18,21-22,27,29,31,36-52H2,1-3H3/b10-7-,11-8-,19-16-,20-17-,25-23-,26-24-,30-28-,34-32-,35-33-. The summed E-state index contributed by atoms with van der Waals surface area (Å²) in [6, 6.07) is 0. The van der Waals surface area contributed by atoms with Crippen molar-refractivity contribution >= 4 is 11.9 Å². The molecule has 0 amide bonds. The van der Waals surface area contributed by atoms with Crippen LogP contribution in [0.3, 0.4) is 0 Å². The van der Waals surface area contributed by atoms with Crippen LogP contribution < -0.4 is 0 Å². The fourth-order valence-corrected chi connectivity index (χ4v) is 6.23. The summed E-state index contributed by atoms with van der Waals surface area (Å²) in [6.07, 6.45) is 68.1. The minimum absolute atomic E-state index is 0.0525. The van der Waals surface area contributed by atoms with Crippen LogP contribution in [-0.2, 0) is 23.8 Å². The van der Waals surface area contributed by atoms with E-state index in [9.17, 15) is 9.59 Å². The van der Waals surface area contributed by atoms with Crippen LogP contribution in [0.25, 0.3) is 0 Å². The van der Waals surface area contributed by atoms with E-state index in [1.807, 2.05) is 0 Å². The molecular formula is C55H90O5. The maximum Gasteiger partial charge on any atom is 0.306 e. The second-order valence-electron chi connectivity index (χ2n) is 15.6. The maximum atomic E-state index is 12.7. The van der Waals surface area contributed by atoms with Crippen molar-refractivity contribution in [2.45, 2.75) is 207 Å². The van der Waals surface area contributed by atoms with Crippen LogP contribution in [0.1, 0.15) is 201 Å². The predicted octanol–water partition coefficient (Wildman–Crippen LogP) is 16.4. The van der Waals surface area contributed by atoms with E-state index in [1.54, 1.807) is 0 Å². The van der Waals surface area contributed by atoms with Crippen molar-refractivity contribution in [3.63, 3.8) is 0 Å². The molecule has 0 aliphatic rings. The highest BCUT2D eigenvalue weighted by molar-refractivity contribution is 5.70. The summed E-state index contributed by atoms with van der Waals surface area (Å²) in [7, 11) is 0. The molecule has 0 heterocycles. The monoisotopic (exact) mass is 831 g/mol. The molecule has 0 aliphatic heterocycles. The molecule has 1 unspecified atom stereocenters. The van der Waals surface area contributed by atoms with Gasteiger partial charge in [-0.1, -0.05) is 194 Å². The number of esters is 2. The van der Waals surface area contributed by atoms with Crippen molar-refractivity contribution in [1.29, 1.82) is 0 Å². The van der Waals surface area contributed by atoms with Crippen molar-refractivity contribution in [1.82, 2.24) is 0 Å². The molecule has 0 saturated carbocycles. The van der Waals surface area contributed by atoms with Gasteiger partial charge in [-0.05, 0) is 103 Å². The molecule has 0 aromatic rings. The molecule has 0 N–H and O–H groups in total. The minimum Gasteiger partial charge on any atom is -0.462 e. The Morgan fingerprint density at radius 1 is 0.383 bits per heavy atom. The van der Waals surface area contributed by atoms with Gasteiger partial charge in [-0.3, -0.25) is 9.59 Å². The van der Waals surface area contributed by atoms with Gasteiger partial charge in [-0.25, -0.2) is 0 Å². The van der Waals surface area contributed by atoms with Gasteiger partial charge in [0.25, 0.3) is 0 Å². The van der Waals surface area contributed by atoms with Crippen LogP contribution >= 0.6 is 0 Å².